The van der Waals surface area contributed by atoms with E-state index in [0.717, 1.165) is 18.8 Å². The van der Waals surface area contributed by atoms with E-state index in [4.69, 9.17) is 4.42 Å². The molecule has 0 aromatic carbocycles. The lowest BCUT2D eigenvalue weighted by atomic mass is 10.0. The van der Waals surface area contributed by atoms with Gasteiger partial charge in [-0.25, -0.2) is 8.42 Å². The summed E-state index contributed by atoms with van der Waals surface area (Å²) in [4.78, 5) is 14.6. The number of nitrogens with zero attached hydrogens (tertiary/aromatic N) is 1. The summed E-state index contributed by atoms with van der Waals surface area (Å²) in [5, 5.41) is 2.99. The lowest BCUT2D eigenvalue weighted by molar-refractivity contribution is -0.122. The topological polar surface area (TPSA) is 79.6 Å². The molecule has 0 aliphatic carbocycles. The highest BCUT2D eigenvalue weighted by Gasteiger charge is 2.30. The van der Waals surface area contributed by atoms with Crippen molar-refractivity contribution in [2.45, 2.75) is 38.1 Å². The largest absolute Gasteiger partial charge is 0.468 e. The molecule has 2 fully saturated rings. The monoisotopic (exact) mass is 354 g/mol. The maximum absolute atomic E-state index is 12.2. The van der Waals surface area contributed by atoms with Crippen LogP contribution in [0.15, 0.2) is 22.8 Å². The van der Waals surface area contributed by atoms with Crippen LogP contribution in [-0.4, -0.2) is 50.4 Å². The summed E-state index contributed by atoms with van der Waals surface area (Å²) in [6, 6.07) is 3.88. The third-order valence-electron chi connectivity index (χ3n) is 5.00. The van der Waals surface area contributed by atoms with Gasteiger partial charge in [0.25, 0.3) is 0 Å². The van der Waals surface area contributed by atoms with E-state index in [1.54, 1.807) is 6.26 Å². The van der Waals surface area contributed by atoms with Gasteiger partial charge in [0.15, 0.2) is 9.84 Å². The van der Waals surface area contributed by atoms with Crippen LogP contribution in [-0.2, 0) is 14.6 Å². The van der Waals surface area contributed by atoms with Gasteiger partial charge in [-0.2, -0.15) is 0 Å². The van der Waals surface area contributed by atoms with Gasteiger partial charge in [0.1, 0.15) is 5.76 Å². The van der Waals surface area contributed by atoms with E-state index in [2.05, 4.69) is 10.2 Å². The number of piperidine rings is 1. The van der Waals surface area contributed by atoms with Crippen LogP contribution in [0.1, 0.15) is 43.9 Å². The van der Waals surface area contributed by atoms with Crippen molar-refractivity contribution < 1.29 is 17.6 Å². The van der Waals surface area contributed by atoms with Crippen LogP contribution in [0, 0.1) is 5.92 Å². The number of carbonyl (C=O) groups is 1. The van der Waals surface area contributed by atoms with Crippen molar-refractivity contribution in [3.8, 4) is 0 Å². The van der Waals surface area contributed by atoms with Crippen molar-refractivity contribution in [1.29, 1.82) is 0 Å². The summed E-state index contributed by atoms with van der Waals surface area (Å²) in [5.41, 5.74) is 0. The van der Waals surface area contributed by atoms with E-state index in [-0.39, 0.29) is 29.4 Å². The summed E-state index contributed by atoms with van der Waals surface area (Å²) >= 11 is 0. The number of nitrogens with one attached hydrogen (secondary N) is 1. The predicted octanol–water partition coefficient (Wildman–Crippen LogP) is 1.75. The van der Waals surface area contributed by atoms with Crippen molar-refractivity contribution >= 4 is 15.7 Å². The molecular weight excluding hydrogens is 328 g/mol. The molecule has 0 spiro atoms. The Morgan fingerprint density at radius 3 is 2.75 bits per heavy atom. The molecule has 2 unspecified atom stereocenters. The molecule has 24 heavy (non-hydrogen) atoms. The molecule has 7 heteroatoms. The van der Waals surface area contributed by atoms with E-state index in [9.17, 15) is 13.2 Å². The molecule has 0 radical (unpaired) electrons. The van der Waals surface area contributed by atoms with Crippen molar-refractivity contribution in [2.24, 2.45) is 5.92 Å². The fraction of sp³-hybridized carbons (Fsp3) is 0.706. The molecule has 1 N–H and O–H groups in total. The van der Waals surface area contributed by atoms with E-state index in [0.29, 0.717) is 19.4 Å². The van der Waals surface area contributed by atoms with E-state index in [1.165, 1.54) is 19.3 Å². The molecule has 2 aliphatic heterocycles. The third-order valence-corrected chi connectivity index (χ3v) is 6.83. The van der Waals surface area contributed by atoms with Crippen molar-refractivity contribution in [1.82, 2.24) is 10.2 Å². The maximum atomic E-state index is 12.2. The minimum absolute atomic E-state index is 0.0351. The molecule has 0 saturated carbocycles. The second-order valence-corrected chi connectivity index (χ2v) is 9.13. The first kappa shape index (κ1) is 17.5. The summed E-state index contributed by atoms with van der Waals surface area (Å²) < 4.78 is 28.6. The molecule has 2 atom stereocenters. The Hall–Kier alpha value is -1.34. The lowest BCUT2D eigenvalue weighted by Gasteiger charge is -2.33. The van der Waals surface area contributed by atoms with Gasteiger partial charge in [0, 0.05) is 13.0 Å². The SMILES string of the molecule is O=C(CC1CCS(=O)(=O)C1)NCC(c1ccco1)N1CCCCC1. The highest BCUT2D eigenvalue weighted by Crippen LogP contribution is 2.25. The number of hydrogen-bond donors (Lipinski definition) is 1. The molecule has 3 heterocycles. The number of rotatable bonds is 6. The number of furan rings is 1. The fourth-order valence-electron chi connectivity index (χ4n) is 3.70. The molecule has 134 valence electrons. The quantitative estimate of drug-likeness (QED) is 0.842. The molecule has 1 amide bonds. The van der Waals surface area contributed by atoms with Gasteiger partial charge in [-0.05, 0) is 50.4 Å². The molecule has 6 nitrogen and oxygen atoms in total. The fourth-order valence-corrected chi connectivity index (χ4v) is 5.56. The van der Waals surface area contributed by atoms with Crippen molar-refractivity contribution in [2.75, 3.05) is 31.1 Å². The highest BCUT2D eigenvalue weighted by molar-refractivity contribution is 7.91. The van der Waals surface area contributed by atoms with Gasteiger partial charge < -0.3 is 9.73 Å². The van der Waals surface area contributed by atoms with Crippen LogP contribution < -0.4 is 5.32 Å². The predicted molar refractivity (Wildman–Crippen MR) is 91.3 cm³/mol. The Morgan fingerprint density at radius 2 is 2.12 bits per heavy atom. The van der Waals surface area contributed by atoms with Crippen LogP contribution in [0.25, 0.3) is 0 Å². The average Bonchev–Trinajstić information content (AvgIpc) is 3.18. The van der Waals surface area contributed by atoms with Crippen LogP contribution in [0.2, 0.25) is 0 Å². The number of carbonyl (C=O) groups excluding carboxylic acids is 1. The van der Waals surface area contributed by atoms with Crippen molar-refractivity contribution in [3.63, 3.8) is 0 Å². The van der Waals surface area contributed by atoms with Crippen LogP contribution in [0.3, 0.4) is 0 Å². The van der Waals surface area contributed by atoms with Crippen LogP contribution in [0.5, 0.6) is 0 Å². The maximum Gasteiger partial charge on any atom is 0.220 e. The molecule has 2 aliphatic rings. The first-order valence-corrected chi connectivity index (χ1v) is 10.6. The number of hydrogen-bond acceptors (Lipinski definition) is 5. The first-order chi connectivity index (χ1) is 11.5. The zero-order chi connectivity index (χ0) is 17.0. The molecular formula is C17H26N2O4S. The Balaban J connectivity index is 1.54. The average molecular weight is 354 g/mol. The molecule has 1 aromatic heterocycles. The molecule has 3 rings (SSSR count). The zero-order valence-electron chi connectivity index (χ0n) is 13.9. The Kier molecular flexibility index (Phi) is 5.61. The summed E-state index contributed by atoms with van der Waals surface area (Å²) in [6.45, 7) is 2.54. The van der Waals surface area contributed by atoms with E-state index in [1.807, 2.05) is 12.1 Å². The Morgan fingerprint density at radius 1 is 1.33 bits per heavy atom. The third kappa shape index (κ3) is 4.60. The highest BCUT2D eigenvalue weighted by atomic mass is 32.2. The Labute approximate surface area is 143 Å². The zero-order valence-corrected chi connectivity index (χ0v) is 14.8. The van der Waals surface area contributed by atoms with Gasteiger partial charge in [0.2, 0.25) is 5.91 Å². The standard InChI is InChI=1S/C17H26N2O4S/c20-17(11-14-6-10-24(21,22)13-14)18-12-15(16-5-4-9-23-16)19-7-2-1-3-8-19/h4-5,9,14-15H,1-3,6-8,10-13H2,(H,18,20). The van der Waals surface area contributed by atoms with Gasteiger partial charge in [-0.3, -0.25) is 9.69 Å². The summed E-state index contributed by atoms with van der Waals surface area (Å²) in [6.07, 6.45) is 6.16. The Bertz CT molecular complexity index is 636. The van der Waals surface area contributed by atoms with Crippen LogP contribution >= 0.6 is 0 Å². The second-order valence-electron chi connectivity index (χ2n) is 6.91. The lowest BCUT2D eigenvalue weighted by Crippen LogP contribution is -2.40. The summed E-state index contributed by atoms with van der Waals surface area (Å²) in [7, 11) is -2.93. The second kappa shape index (κ2) is 7.70. The minimum atomic E-state index is -2.93. The van der Waals surface area contributed by atoms with Gasteiger partial charge >= 0.3 is 0 Å². The van der Waals surface area contributed by atoms with Gasteiger partial charge in [-0.1, -0.05) is 6.42 Å². The number of sulfone groups is 1. The molecule has 0 bridgehead atoms. The number of amides is 1. The van der Waals surface area contributed by atoms with Crippen LogP contribution in [0.4, 0.5) is 0 Å². The minimum Gasteiger partial charge on any atom is -0.468 e. The smallest absolute Gasteiger partial charge is 0.220 e. The molecule has 1 aromatic rings. The van der Waals surface area contributed by atoms with Crippen molar-refractivity contribution in [3.05, 3.63) is 24.2 Å². The van der Waals surface area contributed by atoms with E-state index < -0.39 is 9.84 Å². The van der Waals surface area contributed by atoms with Gasteiger partial charge in [0.05, 0.1) is 23.8 Å². The number of likely N-dealkylation sites (tertiary alicyclic amines) is 1. The van der Waals surface area contributed by atoms with Gasteiger partial charge in [-0.15, -0.1) is 0 Å². The summed E-state index contributed by atoms with van der Waals surface area (Å²) in [5.74, 6) is 1.14. The van der Waals surface area contributed by atoms with E-state index >= 15 is 0 Å². The molecule has 2 saturated heterocycles. The normalized spacial score (nSPS) is 25.4. The first-order valence-electron chi connectivity index (χ1n) is 8.78.